The Kier molecular flexibility index (Phi) is 6.57. The van der Waals surface area contributed by atoms with E-state index in [4.69, 9.17) is 28.7 Å². The summed E-state index contributed by atoms with van der Waals surface area (Å²) in [4.78, 5) is 0. The molecule has 3 N–H and O–H groups in total. The Balaban J connectivity index is 0. The van der Waals surface area contributed by atoms with E-state index in [1.807, 2.05) is 13.8 Å². The molecule has 0 aromatic carbocycles. The lowest BCUT2D eigenvalue weighted by molar-refractivity contribution is 0.222. The first kappa shape index (κ1) is 13.7. The minimum atomic E-state index is -5.17. The van der Waals surface area contributed by atoms with E-state index in [0.29, 0.717) is 0 Å². The highest BCUT2D eigenvalue weighted by molar-refractivity contribution is 7.79. The van der Waals surface area contributed by atoms with E-state index in [1.165, 1.54) is 0 Å². The Labute approximate surface area is 70.6 Å². The molecule has 0 atom stereocenters. The first-order valence-electron chi connectivity index (χ1n) is 2.80. The molecule has 0 bridgehead atoms. The second kappa shape index (κ2) is 5.75. The van der Waals surface area contributed by atoms with Crippen LogP contribution in [0.4, 0.5) is 0 Å². The zero-order valence-electron chi connectivity index (χ0n) is 6.60. The van der Waals surface area contributed by atoms with Crippen LogP contribution in [0.25, 0.3) is 0 Å². The number of amidine groups is 1. The number of ether oxygens (including phenoxy) is 1. The quantitative estimate of drug-likeness (QED) is 0.239. The molecule has 0 saturated carbocycles. The highest BCUT2D eigenvalue weighted by Crippen LogP contribution is 1.82. The van der Waals surface area contributed by atoms with Crippen LogP contribution < -0.4 is 5.73 Å². The molecule has 0 unspecified atom stereocenters. The van der Waals surface area contributed by atoms with Crippen molar-refractivity contribution in [2.24, 2.45) is 5.73 Å². The summed E-state index contributed by atoms with van der Waals surface area (Å²) in [5.41, 5.74) is 4.85. The summed E-state index contributed by atoms with van der Waals surface area (Å²) in [5, 5.41) is 6.58. The van der Waals surface area contributed by atoms with Gasteiger partial charge in [0.25, 0.3) is 6.02 Å². The lowest BCUT2D eigenvalue weighted by atomic mass is 10.5. The summed E-state index contributed by atoms with van der Waals surface area (Å²) in [5.74, 6) is 0. The van der Waals surface area contributed by atoms with E-state index >= 15 is 0 Å². The van der Waals surface area contributed by atoms with Crippen LogP contribution in [0.3, 0.4) is 0 Å². The van der Waals surface area contributed by atoms with Crippen molar-refractivity contribution in [2.45, 2.75) is 20.0 Å². The number of hydrogen-bond acceptors (Lipinski definition) is 6. The molecule has 0 fully saturated rings. The summed E-state index contributed by atoms with van der Waals surface area (Å²) >= 11 is 0. The SMILES string of the molecule is CC(C)OC(=N)N.O=S(=O)([O-])[O-]. The van der Waals surface area contributed by atoms with Crippen molar-refractivity contribution in [3.63, 3.8) is 0 Å². The van der Waals surface area contributed by atoms with E-state index < -0.39 is 10.4 Å². The summed E-state index contributed by atoms with van der Waals surface area (Å²) < 4.78 is 38.7. The topological polar surface area (TPSA) is 139 Å². The molecular weight excluding hydrogens is 188 g/mol. The van der Waals surface area contributed by atoms with Gasteiger partial charge in [-0.1, -0.05) is 0 Å². The van der Waals surface area contributed by atoms with E-state index in [2.05, 4.69) is 4.74 Å². The van der Waals surface area contributed by atoms with Gasteiger partial charge in [-0.3, -0.25) is 13.8 Å². The van der Waals surface area contributed by atoms with Crippen LogP contribution in [0.5, 0.6) is 0 Å². The van der Waals surface area contributed by atoms with Crippen LogP contribution in [-0.2, 0) is 15.1 Å². The van der Waals surface area contributed by atoms with Gasteiger partial charge in [0.15, 0.2) is 0 Å². The number of hydrogen-bond donors (Lipinski definition) is 2. The van der Waals surface area contributed by atoms with Gasteiger partial charge in [0.2, 0.25) is 0 Å². The lowest BCUT2D eigenvalue weighted by Crippen LogP contribution is -2.18. The van der Waals surface area contributed by atoms with Crippen molar-refractivity contribution in [1.29, 1.82) is 5.41 Å². The molecule has 0 amide bonds. The molecule has 0 spiro atoms. The Bertz CT molecular complexity index is 214. The van der Waals surface area contributed by atoms with Gasteiger partial charge < -0.3 is 19.6 Å². The molecule has 0 radical (unpaired) electrons. The Morgan fingerprint density at radius 1 is 1.50 bits per heavy atom. The Morgan fingerprint density at radius 2 is 1.75 bits per heavy atom. The molecule has 12 heavy (non-hydrogen) atoms. The van der Waals surface area contributed by atoms with Gasteiger partial charge in [0.1, 0.15) is 0 Å². The monoisotopic (exact) mass is 198 g/mol. The number of nitrogens with one attached hydrogen (secondary N) is 1. The van der Waals surface area contributed by atoms with Gasteiger partial charge >= 0.3 is 0 Å². The zero-order chi connectivity index (χ0) is 10.4. The van der Waals surface area contributed by atoms with Gasteiger partial charge in [0.05, 0.1) is 6.10 Å². The van der Waals surface area contributed by atoms with Gasteiger partial charge in [-0.15, -0.1) is 0 Å². The minimum absolute atomic E-state index is 0.0255. The normalized spacial score (nSPS) is 10.1. The molecule has 0 heterocycles. The highest BCUT2D eigenvalue weighted by atomic mass is 32.3. The van der Waals surface area contributed by atoms with Crippen molar-refractivity contribution in [3.8, 4) is 0 Å². The summed E-state index contributed by atoms with van der Waals surface area (Å²) in [6.07, 6.45) is 0.0255. The molecule has 0 aliphatic rings. The van der Waals surface area contributed by atoms with Gasteiger partial charge in [0, 0.05) is 10.4 Å². The Hall–Kier alpha value is -0.860. The maximum Gasteiger partial charge on any atom is 0.279 e. The smallest absolute Gasteiger partial charge is 0.279 e. The first-order chi connectivity index (χ1) is 5.13. The standard InChI is InChI=1S/C4H10N2O.H2O4S/c1-3(2)7-4(5)6;1-5(2,3)4/h3H,1-2H3,(H3,5,6);(H2,1,2,3,4)/p-2. The van der Waals surface area contributed by atoms with Gasteiger partial charge in [-0.25, -0.2) is 0 Å². The van der Waals surface area contributed by atoms with Crippen LogP contribution in [0.1, 0.15) is 13.8 Å². The average molecular weight is 198 g/mol. The first-order valence-corrected chi connectivity index (χ1v) is 4.13. The van der Waals surface area contributed by atoms with Crippen LogP contribution in [-0.4, -0.2) is 29.6 Å². The largest absolute Gasteiger partial charge is 0.759 e. The third-order valence-electron chi connectivity index (χ3n) is 0.363. The molecule has 7 nitrogen and oxygen atoms in total. The summed E-state index contributed by atoms with van der Waals surface area (Å²) in [6, 6.07) is -0.213. The van der Waals surface area contributed by atoms with Crippen molar-refractivity contribution in [2.75, 3.05) is 0 Å². The van der Waals surface area contributed by atoms with E-state index in [-0.39, 0.29) is 12.1 Å². The van der Waals surface area contributed by atoms with Crippen LogP contribution in [0, 0.1) is 5.41 Å². The van der Waals surface area contributed by atoms with Crippen LogP contribution in [0.15, 0.2) is 0 Å². The minimum Gasteiger partial charge on any atom is -0.759 e. The lowest BCUT2D eigenvalue weighted by Gasteiger charge is -2.06. The molecular formula is C4H10N2O5S-2. The fraction of sp³-hybridized carbons (Fsp3) is 0.750. The predicted octanol–water partition coefficient (Wildman–Crippen LogP) is -1.03. The second-order valence-corrected chi connectivity index (χ2v) is 2.76. The van der Waals surface area contributed by atoms with Crippen LogP contribution in [0.2, 0.25) is 0 Å². The Morgan fingerprint density at radius 3 is 1.75 bits per heavy atom. The van der Waals surface area contributed by atoms with E-state index in [1.54, 1.807) is 0 Å². The summed E-state index contributed by atoms with van der Waals surface area (Å²) in [7, 11) is -5.17. The fourth-order valence-corrected chi connectivity index (χ4v) is 0.254. The maximum atomic E-state index is 8.52. The van der Waals surface area contributed by atoms with E-state index in [0.717, 1.165) is 0 Å². The predicted molar refractivity (Wildman–Crippen MR) is 38.6 cm³/mol. The summed E-state index contributed by atoms with van der Waals surface area (Å²) in [6.45, 7) is 3.64. The van der Waals surface area contributed by atoms with Crippen molar-refractivity contribution < 1.29 is 22.3 Å². The molecule has 0 aliphatic carbocycles. The second-order valence-electron chi connectivity index (χ2n) is 1.94. The molecule has 0 aromatic rings. The average Bonchev–Trinajstić information content (AvgIpc) is 1.52. The number of rotatable bonds is 1. The molecule has 0 saturated heterocycles. The van der Waals surface area contributed by atoms with Gasteiger partial charge in [-0.2, -0.15) is 0 Å². The molecule has 0 aromatic heterocycles. The molecule has 74 valence electrons. The number of nitrogens with two attached hydrogens (primary N) is 1. The maximum absolute atomic E-state index is 8.52. The third-order valence-corrected chi connectivity index (χ3v) is 0.363. The highest BCUT2D eigenvalue weighted by Gasteiger charge is 1.90. The molecule has 0 rings (SSSR count). The van der Waals surface area contributed by atoms with Crippen molar-refractivity contribution in [3.05, 3.63) is 0 Å². The van der Waals surface area contributed by atoms with Crippen LogP contribution >= 0.6 is 0 Å². The van der Waals surface area contributed by atoms with E-state index in [9.17, 15) is 0 Å². The fourth-order valence-electron chi connectivity index (χ4n) is 0.254. The van der Waals surface area contributed by atoms with Crippen molar-refractivity contribution >= 4 is 16.4 Å². The van der Waals surface area contributed by atoms with Crippen molar-refractivity contribution in [1.82, 2.24) is 0 Å². The van der Waals surface area contributed by atoms with Gasteiger partial charge in [-0.05, 0) is 13.8 Å². The molecule has 8 heteroatoms. The third kappa shape index (κ3) is 61.4. The zero-order valence-corrected chi connectivity index (χ0v) is 7.42. The molecule has 0 aliphatic heterocycles.